The zero-order chi connectivity index (χ0) is 14.8. The Morgan fingerprint density at radius 1 is 1.19 bits per heavy atom. The first-order valence-corrected chi connectivity index (χ1v) is 6.69. The molecule has 3 rings (SSSR count). The van der Waals surface area contributed by atoms with Gasteiger partial charge in [0, 0.05) is 17.3 Å². The molecule has 21 heavy (non-hydrogen) atoms. The highest BCUT2D eigenvalue weighted by Gasteiger charge is 2.15. The molecule has 2 aromatic rings. The van der Waals surface area contributed by atoms with Gasteiger partial charge in [0.25, 0.3) is 0 Å². The van der Waals surface area contributed by atoms with Gasteiger partial charge in [-0.1, -0.05) is 12.1 Å². The topological polar surface area (TPSA) is 73.6 Å². The molecule has 1 aliphatic heterocycles. The monoisotopic (exact) mass is 284 g/mol. The molecule has 0 fully saturated rings. The molecule has 5 nitrogen and oxygen atoms in total. The van der Waals surface area contributed by atoms with Gasteiger partial charge in [0.2, 0.25) is 12.7 Å². The number of carbonyl (C=O) groups is 1. The highest BCUT2D eigenvalue weighted by Crippen LogP contribution is 2.34. The second-order valence-electron chi connectivity index (χ2n) is 4.92. The third-order valence-electron chi connectivity index (χ3n) is 3.43. The minimum absolute atomic E-state index is 0.0580. The maximum Gasteiger partial charge on any atom is 0.248 e. The quantitative estimate of drug-likeness (QED) is 0.905. The van der Waals surface area contributed by atoms with Gasteiger partial charge in [-0.2, -0.15) is 0 Å². The molecule has 0 bridgehead atoms. The van der Waals surface area contributed by atoms with E-state index >= 15 is 0 Å². The lowest BCUT2D eigenvalue weighted by Gasteiger charge is -2.16. The zero-order valence-corrected chi connectivity index (χ0v) is 11.6. The number of nitrogens with one attached hydrogen (secondary N) is 1. The van der Waals surface area contributed by atoms with Crippen LogP contribution in [0.3, 0.4) is 0 Å². The van der Waals surface area contributed by atoms with Crippen LogP contribution in [0.1, 0.15) is 28.9 Å². The van der Waals surface area contributed by atoms with Crippen LogP contribution >= 0.6 is 0 Å². The maximum absolute atomic E-state index is 11.2. The van der Waals surface area contributed by atoms with Gasteiger partial charge in [0.15, 0.2) is 11.5 Å². The fraction of sp³-hybridized carbons (Fsp3) is 0.188. The molecule has 108 valence electrons. The molecule has 3 N–H and O–H groups in total. The summed E-state index contributed by atoms with van der Waals surface area (Å²) in [5, 5.41) is 3.34. The number of hydrogen-bond donors (Lipinski definition) is 2. The molecule has 0 aliphatic carbocycles. The number of ether oxygens (including phenoxy) is 2. The molecule has 0 radical (unpaired) electrons. The van der Waals surface area contributed by atoms with Crippen LogP contribution in [0.4, 0.5) is 5.69 Å². The summed E-state index contributed by atoms with van der Waals surface area (Å²) in [5.74, 6) is 1.09. The first-order valence-electron chi connectivity index (χ1n) is 6.69. The third-order valence-corrected chi connectivity index (χ3v) is 3.43. The maximum atomic E-state index is 11.2. The van der Waals surface area contributed by atoms with Gasteiger partial charge in [-0.15, -0.1) is 0 Å². The Labute approximate surface area is 122 Å². The molecule has 1 heterocycles. The molecule has 1 atom stereocenters. The lowest BCUT2D eigenvalue weighted by atomic mass is 10.1. The van der Waals surface area contributed by atoms with Crippen molar-refractivity contribution in [3.63, 3.8) is 0 Å². The molecular weight excluding hydrogens is 268 g/mol. The number of benzene rings is 2. The summed E-state index contributed by atoms with van der Waals surface area (Å²) in [6.45, 7) is 2.30. The highest BCUT2D eigenvalue weighted by molar-refractivity contribution is 5.93. The summed E-state index contributed by atoms with van der Waals surface area (Å²) in [5.41, 5.74) is 7.69. The summed E-state index contributed by atoms with van der Waals surface area (Å²) in [6.07, 6.45) is 0. The largest absolute Gasteiger partial charge is 0.454 e. The molecular formula is C16H16N2O3. The number of carbonyl (C=O) groups excluding carboxylic acids is 1. The van der Waals surface area contributed by atoms with Crippen LogP contribution in [0.15, 0.2) is 42.5 Å². The number of anilines is 1. The average Bonchev–Trinajstić information content (AvgIpc) is 2.94. The standard InChI is InChI=1S/C16H16N2O3/c1-10(11-5-6-14-15(8-11)21-9-20-14)18-13-4-2-3-12(7-13)16(17)19/h2-8,10,18H,9H2,1H3,(H2,17,19). The molecule has 0 spiro atoms. The lowest BCUT2D eigenvalue weighted by Crippen LogP contribution is -2.12. The smallest absolute Gasteiger partial charge is 0.248 e. The predicted molar refractivity (Wildman–Crippen MR) is 79.6 cm³/mol. The number of nitrogens with two attached hydrogens (primary N) is 1. The second kappa shape index (κ2) is 5.36. The van der Waals surface area contributed by atoms with E-state index in [4.69, 9.17) is 15.2 Å². The average molecular weight is 284 g/mol. The van der Waals surface area contributed by atoms with E-state index in [0.29, 0.717) is 5.56 Å². The van der Waals surface area contributed by atoms with Crippen molar-refractivity contribution in [3.05, 3.63) is 53.6 Å². The summed E-state index contributed by atoms with van der Waals surface area (Å²) >= 11 is 0. The molecule has 2 aromatic carbocycles. The van der Waals surface area contributed by atoms with E-state index in [0.717, 1.165) is 22.7 Å². The summed E-state index contributed by atoms with van der Waals surface area (Å²) in [4.78, 5) is 11.2. The Balaban J connectivity index is 1.78. The van der Waals surface area contributed by atoms with Crippen molar-refractivity contribution < 1.29 is 14.3 Å². The Morgan fingerprint density at radius 2 is 2.00 bits per heavy atom. The fourth-order valence-electron chi connectivity index (χ4n) is 2.28. The van der Waals surface area contributed by atoms with Crippen LogP contribution in [0, 0.1) is 0 Å². The van der Waals surface area contributed by atoms with Crippen LogP contribution in [0.25, 0.3) is 0 Å². The minimum atomic E-state index is -0.436. The fourth-order valence-corrected chi connectivity index (χ4v) is 2.28. The van der Waals surface area contributed by atoms with E-state index in [1.165, 1.54) is 0 Å². The van der Waals surface area contributed by atoms with Crippen molar-refractivity contribution in [1.29, 1.82) is 0 Å². The molecule has 0 saturated carbocycles. The summed E-state index contributed by atoms with van der Waals surface area (Å²) in [6, 6.07) is 13.0. The van der Waals surface area contributed by atoms with Crippen molar-refractivity contribution in [2.75, 3.05) is 12.1 Å². The Morgan fingerprint density at radius 3 is 2.81 bits per heavy atom. The Kier molecular flexibility index (Phi) is 3.39. The van der Waals surface area contributed by atoms with Crippen molar-refractivity contribution in [3.8, 4) is 11.5 Å². The molecule has 1 amide bonds. The van der Waals surface area contributed by atoms with Crippen LogP contribution in [0.5, 0.6) is 11.5 Å². The van der Waals surface area contributed by atoms with E-state index in [-0.39, 0.29) is 12.8 Å². The van der Waals surface area contributed by atoms with Gasteiger partial charge in [-0.05, 0) is 42.8 Å². The lowest BCUT2D eigenvalue weighted by molar-refractivity contribution is 0.100. The normalized spacial score (nSPS) is 13.8. The van der Waals surface area contributed by atoms with Crippen LogP contribution < -0.4 is 20.5 Å². The van der Waals surface area contributed by atoms with Gasteiger partial charge < -0.3 is 20.5 Å². The van der Waals surface area contributed by atoms with Crippen molar-refractivity contribution >= 4 is 11.6 Å². The second-order valence-corrected chi connectivity index (χ2v) is 4.92. The van der Waals surface area contributed by atoms with Crippen LogP contribution in [-0.4, -0.2) is 12.7 Å². The number of fused-ring (bicyclic) bond motifs is 1. The van der Waals surface area contributed by atoms with Crippen molar-refractivity contribution in [1.82, 2.24) is 0 Å². The van der Waals surface area contributed by atoms with E-state index < -0.39 is 5.91 Å². The van der Waals surface area contributed by atoms with Gasteiger partial charge in [0.05, 0.1) is 0 Å². The number of rotatable bonds is 4. The van der Waals surface area contributed by atoms with Gasteiger partial charge in [0.1, 0.15) is 0 Å². The van der Waals surface area contributed by atoms with Gasteiger partial charge in [-0.25, -0.2) is 0 Å². The SMILES string of the molecule is CC(Nc1cccc(C(N)=O)c1)c1ccc2c(c1)OCO2. The molecule has 0 saturated heterocycles. The number of primary amides is 1. The van der Waals surface area contributed by atoms with Gasteiger partial charge in [-0.3, -0.25) is 4.79 Å². The highest BCUT2D eigenvalue weighted by atomic mass is 16.7. The first kappa shape index (κ1) is 13.3. The van der Waals surface area contributed by atoms with Crippen LogP contribution in [-0.2, 0) is 0 Å². The molecule has 1 unspecified atom stereocenters. The minimum Gasteiger partial charge on any atom is -0.454 e. The Bertz CT molecular complexity index is 685. The summed E-state index contributed by atoms with van der Waals surface area (Å²) < 4.78 is 10.7. The predicted octanol–water partition coefficient (Wildman–Crippen LogP) is 2.69. The zero-order valence-electron chi connectivity index (χ0n) is 11.6. The first-order chi connectivity index (χ1) is 10.1. The number of hydrogen-bond acceptors (Lipinski definition) is 4. The van der Waals surface area contributed by atoms with Crippen molar-refractivity contribution in [2.24, 2.45) is 5.73 Å². The van der Waals surface area contributed by atoms with Crippen LogP contribution in [0.2, 0.25) is 0 Å². The van der Waals surface area contributed by atoms with E-state index in [1.807, 2.05) is 31.2 Å². The van der Waals surface area contributed by atoms with Gasteiger partial charge >= 0.3 is 0 Å². The molecule has 0 aromatic heterocycles. The molecule has 1 aliphatic rings. The number of amides is 1. The Hall–Kier alpha value is -2.69. The third kappa shape index (κ3) is 2.76. The van der Waals surface area contributed by atoms with E-state index in [9.17, 15) is 4.79 Å². The molecule has 5 heteroatoms. The van der Waals surface area contributed by atoms with E-state index in [1.54, 1.807) is 18.2 Å². The van der Waals surface area contributed by atoms with Crippen molar-refractivity contribution in [2.45, 2.75) is 13.0 Å². The van der Waals surface area contributed by atoms with E-state index in [2.05, 4.69) is 5.32 Å². The summed E-state index contributed by atoms with van der Waals surface area (Å²) in [7, 11) is 0.